The molecule has 0 aromatic rings. The van der Waals surface area contributed by atoms with Gasteiger partial charge in [-0.2, -0.15) is 0 Å². The summed E-state index contributed by atoms with van der Waals surface area (Å²) in [6, 6.07) is 0.872. The highest BCUT2D eigenvalue weighted by molar-refractivity contribution is 14.0. The van der Waals surface area contributed by atoms with Crippen LogP contribution in [0.2, 0.25) is 0 Å². The van der Waals surface area contributed by atoms with Crippen molar-refractivity contribution >= 4 is 35.8 Å². The summed E-state index contributed by atoms with van der Waals surface area (Å²) in [4.78, 5) is 21.3. The highest BCUT2D eigenvalue weighted by atomic mass is 127. The molecular formula is C18H36IN5O. The highest BCUT2D eigenvalue weighted by Gasteiger charge is 2.34. The molecule has 146 valence electrons. The molecule has 1 saturated carbocycles. The number of amides is 1. The monoisotopic (exact) mass is 465 g/mol. The van der Waals surface area contributed by atoms with Crippen LogP contribution in [0.3, 0.4) is 0 Å². The van der Waals surface area contributed by atoms with E-state index in [0.717, 1.165) is 38.2 Å². The predicted molar refractivity (Wildman–Crippen MR) is 115 cm³/mol. The summed E-state index contributed by atoms with van der Waals surface area (Å²) in [6.07, 6.45) is 4.56. The Bertz CT molecular complexity index is 424. The number of nitrogens with one attached hydrogen (secondary N) is 2. The number of nitrogens with zero attached hydrogens (tertiary/aromatic N) is 3. The number of hydrogen-bond acceptors (Lipinski definition) is 3. The third-order valence-electron chi connectivity index (χ3n) is 4.98. The molecule has 2 fully saturated rings. The fraction of sp³-hybridized carbons (Fsp3) is 0.889. The zero-order valence-corrected chi connectivity index (χ0v) is 18.4. The van der Waals surface area contributed by atoms with E-state index >= 15 is 0 Å². The minimum Gasteiger partial charge on any atom is -0.357 e. The van der Waals surface area contributed by atoms with Crippen molar-refractivity contribution in [1.29, 1.82) is 0 Å². The number of likely N-dealkylation sites (tertiary alicyclic amines) is 1. The van der Waals surface area contributed by atoms with Gasteiger partial charge >= 0.3 is 0 Å². The number of aliphatic imine (C=N–C) groups is 1. The summed E-state index contributed by atoms with van der Waals surface area (Å²) >= 11 is 0. The molecule has 2 rings (SSSR count). The van der Waals surface area contributed by atoms with Gasteiger partial charge in [0.2, 0.25) is 5.91 Å². The Morgan fingerprint density at radius 3 is 2.48 bits per heavy atom. The second-order valence-electron chi connectivity index (χ2n) is 6.84. The minimum absolute atomic E-state index is 0. The quantitative estimate of drug-likeness (QED) is 0.310. The van der Waals surface area contributed by atoms with Gasteiger partial charge in [-0.1, -0.05) is 0 Å². The number of carbonyl (C=O) groups excluding carboxylic acids is 1. The molecule has 6 nitrogen and oxygen atoms in total. The predicted octanol–water partition coefficient (Wildman–Crippen LogP) is 1.90. The molecule has 2 aliphatic rings. The second-order valence-corrected chi connectivity index (χ2v) is 6.84. The van der Waals surface area contributed by atoms with Crippen LogP contribution in [0.5, 0.6) is 0 Å². The Morgan fingerprint density at radius 2 is 1.88 bits per heavy atom. The molecule has 1 saturated heterocycles. The lowest BCUT2D eigenvalue weighted by atomic mass is 10.1. The molecule has 1 unspecified atom stereocenters. The first-order chi connectivity index (χ1) is 11.7. The zero-order valence-electron chi connectivity index (χ0n) is 16.1. The third-order valence-corrected chi connectivity index (χ3v) is 4.98. The van der Waals surface area contributed by atoms with E-state index < -0.39 is 0 Å². The Hall–Kier alpha value is -0.570. The number of hydrogen-bond donors (Lipinski definition) is 2. The van der Waals surface area contributed by atoms with E-state index in [0.29, 0.717) is 18.9 Å². The standard InChI is InChI=1S/C18H35N5O.HI/c1-4-19-18(20-11-9-17(24)22(5-2)6-3)21-13-15-10-12-23(14-15)16-7-8-16;/h15-16H,4-14H2,1-3H3,(H2,19,20,21);1H. The SMILES string of the molecule is CCNC(=NCC1CCN(C2CC2)C1)NCCC(=O)N(CC)CC.I. The molecule has 1 aliphatic heterocycles. The molecule has 0 aromatic carbocycles. The van der Waals surface area contributed by atoms with Crippen molar-refractivity contribution in [2.45, 2.75) is 52.5 Å². The molecule has 0 aromatic heterocycles. The second kappa shape index (κ2) is 11.9. The molecule has 1 amide bonds. The number of carbonyl (C=O) groups is 1. The average molecular weight is 465 g/mol. The molecule has 2 N–H and O–H groups in total. The van der Waals surface area contributed by atoms with E-state index in [9.17, 15) is 4.79 Å². The Labute approximate surface area is 170 Å². The first-order valence-corrected chi connectivity index (χ1v) is 9.71. The van der Waals surface area contributed by atoms with Crippen molar-refractivity contribution < 1.29 is 4.79 Å². The largest absolute Gasteiger partial charge is 0.357 e. The Kier molecular flexibility index (Phi) is 10.7. The van der Waals surface area contributed by atoms with Gasteiger partial charge < -0.3 is 20.4 Å². The normalized spacial score (nSPS) is 20.9. The van der Waals surface area contributed by atoms with E-state index in [1.165, 1.54) is 32.4 Å². The Morgan fingerprint density at radius 1 is 1.16 bits per heavy atom. The average Bonchev–Trinajstić information content (AvgIpc) is 3.32. The van der Waals surface area contributed by atoms with Crippen LogP contribution in [0.15, 0.2) is 4.99 Å². The maximum absolute atomic E-state index is 12.0. The van der Waals surface area contributed by atoms with Crippen molar-refractivity contribution in [3.63, 3.8) is 0 Å². The first-order valence-electron chi connectivity index (χ1n) is 9.71. The lowest BCUT2D eigenvalue weighted by Gasteiger charge is -2.19. The van der Waals surface area contributed by atoms with Crippen LogP contribution in [-0.4, -0.2) is 73.5 Å². The van der Waals surface area contributed by atoms with E-state index in [1.54, 1.807) is 0 Å². The topological polar surface area (TPSA) is 60.0 Å². The van der Waals surface area contributed by atoms with Crippen molar-refractivity contribution in [3.05, 3.63) is 0 Å². The summed E-state index contributed by atoms with van der Waals surface area (Å²) in [5, 5.41) is 6.59. The van der Waals surface area contributed by atoms with Crippen LogP contribution in [0.25, 0.3) is 0 Å². The van der Waals surface area contributed by atoms with Crippen molar-refractivity contribution in [3.8, 4) is 0 Å². The summed E-state index contributed by atoms with van der Waals surface area (Å²) in [6.45, 7) is 12.5. The molecule has 1 heterocycles. The van der Waals surface area contributed by atoms with E-state index in [2.05, 4.69) is 22.5 Å². The first kappa shape index (κ1) is 22.5. The maximum Gasteiger partial charge on any atom is 0.224 e. The summed E-state index contributed by atoms with van der Waals surface area (Å²) in [5.74, 6) is 1.73. The number of rotatable bonds is 9. The lowest BCUT2D eigenvalue weighted by molar-refractivity contribution is -0.130. The van der Waals surface area contributed by atoms with Crippen LogP contribution in [0.1, 0.15) is 46.5 Å². The molecule has 0 spiro atoms. The van der Waals surface area contributed by atoms with Gasteiger partial charge in [0.1, 0.15) is 0 Å². The van der Waals surface area contributed by atoms with Crippen LogP contribution < -0.4 is 10.6 Å². The molecule has 1 aliphatic carbocycles. The van der Waals surface area contributed by atoms with E-state index in [-0.39, 0.29) is 29.9 Å². The maximum atomic E-state index is 12.0. The van der Waals surface area contributed by atoms with Gasteiger partial charge in [0.05, 0.1) is 0 Å². The molecule has 7 heteroatoms. The summed E-state index contributed by atoms with van der Waals surface area (Å²) in [5.41, 5.74) is 0. The van der Waals surface area contributed by atoms with Crippen LogP contribution >= 0.6 is 24.0 Å². The van der Waals surface area contributed by atoms with Gasteiger partial charge in [-0.25, -0.2) is 0 Å². The molecule has 1 atom stereocenters. The molecular weight excluding hydrogens is 429 g/mol. The number of guanidine groups is 1. The molecule has 25 heavy (non-hydrogen) atoms. The minimum atomic E-state index is 0. The van der Waals surface area contributed by atoms with Gasteiger partial charge in [-0.05, 0) is 52.5 Å². The van der Waals surface area contributed by atoms with Gasteiger partial charge in [0.15, 0.2) is 5.96 Å². The molecule has 0 bridgehead atoms. The highest BCUT2D eigenvalue weighted by Crippen LogP contribution is 2.31. The van der Waals surface area contributed by atoms with Gasteiger partial charge in [0.25, 0.3) is 0 Å². The Balaban J connectivity index is 0.00000312. The van der Waals surface area contributed by atoms with Crippen LogP contribution in [0.4, 0.5) is 0 Å². The van der Waals surface area contributed by atoms with E-state index in [1.807, 2.05) is 18.7 Å². The van der Waals surface area contributed by atoms with Crippen molar-refractivity contribution in [1.82, 2.24) is 20.4 Å². The van der Waals surface area contributed by atoms with Crippen LogP contribution in [-0.2, 0) is 4.79 Å². The van der Waals surface area contributed by atoms with Gasteiger partial charge in [-0.3, -0.25) is 9.79 Å². The molecule has 0 radical (unpaired) electrons. The lowest BCUT2D eigenvalue weighted by Crippen LogP contribution is -2.40. The van der Waals surface area contributed by atoms with Gasteiger partial charge in [0, 0.05) is 51.7 Å². The van der Waals surface area contributed by atoms with Crippen LogP contribution in [0, 0.1) is 5.92 Å². The van der Waals surface area contributed by atoms with Gasteiger partial charge in [-0.15, -0.1) is 24.0 Å². The smallest absolute Gasteiger partial charge is 0.224 e. The fourth-order valence-corrected chi connectivity index (χ4v) is 3.37. The number of halogens is 1. The van der Waals surface area contributed by atoms with Crippen molar-refractivity contribution in [2.75, 3.05) is 45.8 Å². The zero-order chi connectivity index (χ0) is 17.4. The fourth-order valence-electron chi connectivity index (χ4n) is 3.37. The summed E-state index contributed by atoms with van der Waals surface area (Å²) < 4.78 is 0. The third kappa shape index (κ3) is 7.68. The van der Waals surface area contributed by atoms with Crippen molar-refractivity contribution in [2.24, 2.45) is 10.9 Å². The van der Waals surface area contributed by atoms with E-state index in [4.69, 9.17) is 4.99 Å². The summed E-state index contributed by atoms with van der Waals surface area (Å²) in [7, 11) is 0.